The SMILES string of the molecule is O=C(COC(=O)[C@@H]1CCCCN1S(=O)(=O)c1ccccc1)Nc1ccccc1C(=O)NC1CC1. The number of nitrogens with one attached hydrogen (secondary N) is 2. The molecule has 1 heterocycles. The molecule has 2 aromatic carbocycles. The van der Waals surface area contributed by atoms with Crippen LogP contribution in [-0.4, -0.2) is 55.7 Å². The number of ether oxygens (including phenoxy) is 1. The lowest BCUT2D eigenvalue weighted by Crippen LogP contribution is -2.48. The first-order chi connectivity index (χ1) is 16.4. The van der Waals surface area contributed by atoms with E-state index in [0.29, 0.717) is 30.5 Å². The molecule has 1 aliphatic carbocycles. The largest absolute Gasteiger partial charge is 0.454 e. The maximum Gasteiger partial charge on any atom is 0.324 e. The van der Waals surface area contributed by atoms with E-state index in [9.17, 15) is 22.8 Å². The Morgan fingerprint density at radius 3 is 2.38 bits per heavy atom. The third-order valence-corrected chi connectivity index (χ3v) is 7.70. The summed E-state index contributed by atoms with van der Waals surface area (Å²) in [4.78, 5) is 37.7. The summed E-state index contributed by atoms with van der Waals surface area (Å²) in [6, 6.07) is 13.7. The third-order valence-electron chi connectivity index (χ3n) is 5.78. The van der Waals surface area contributed by atoms with E-state index in [1.165, 1.54) is 12.1 Å². The number of carbonyl (C=O) groups is 3. The van der Waals surface area contributed by atoms with Crippen molar-refractivity contribution >= 4 is 33.5 Å². The first-order valence-corrected chi connectivity index (χ1v) is 12.7. The van der Waals surface area contributed by atoms with Gasteiger partial charge in [0.05, 0.1) is 16.1 Å². The molecule has 0 unspecified atom stereocenters. The van der Waals surface area contributed by atoms with Crippen molar-refractivity contribution < 1.29 is 27.5 Å². The standard InChI is InChI=1S/C24H27N3O6S/c28-22(26-20-11-5-4-10-19(20)23(29)25-17-13-14-17)16-33-24(30)21-12-6-7-15-27(21)34(31,32)18-8-2-1-3-9-18/h1-5,8-11,17,21H,6-7,12-16H2,(H,25,29)(H,26,28)/t21-/m0/s1. The second-order valence-electron chi connectivity index (χ2n) is 8.39. The van der Waals surface area contributed by atoms with Crippen LogP contribution >= 0.6 is 0 Å². The molecule has 180 valence electrons. The van der Waals surface area contributed by atoms with Crippen LogP contribution in [0.4, 0.5) is 5.69 Å². The lowest BCUT2D eigenvalue weighted by Gasteiger charge is -2.32. The summed E-state index contributed by atoms with van der Waals surface area (Å²) in [6.07, 6.45) is 3.51. The number of hydrogen-bond donors (Lipinski definition) is 2. The molecule has 2 aliphatic rings. The van der Waals surface area contributed by atoms with Crippen LogP contribution in [0, 0.1) is 0 Å². The van der Waals surface area contributed by atoms with Gasteiger partial charge in [-0.2, -0.15) is 4.31 Å². The number of nitrogens with zero attached hydrogens (tertiary/aromatic N) is 1. The Labute approximate surface area is 198 Å². The third kappa shape index (κ3) is 5.63. The fourth-order valence-corrected chi connectivity index (χ4v) is 5.52. The van der Waals surface area contributed by atoms with Gasteiger partial charge in [0.1, 0.15) is 6.04 Å². The van der Waals surface area contributed by atoms with E-state index in [2.05, 4.69) is 10.6 Å². The van der Waals surface area contributed by atoms with Crippen LogP contribution in [0.15, 0.2) is 59.5 Å². The molecule has 1 aliphatic heterocycles. The average Bonchev–Trinajstić information content (AvgIpc) is 3.67. The van der Waals surface area contributed by atoms with Gasteiger partial charge in [-0.25, -0.2) is 8.42 Å². The Morgan fingerprint density at radius 2 is 1.65 bits per heavy atom. The number of amides is 2. The molecule has 34 heavy (non-hydrogen) atoms. The molecular formula is C24H27N3O6S. The van der Waals surface area contributed by atoms with Crippen molar-refractivity contribution in [1.29, 1.82) is 0 Å². The summed E-state index contributed by atoms with van der Waals surface area (Å²) < 4.78 is 32.5. The summed E-state index contributed by atoms with van der Waals surface area (Å²) in [7, 11) is -3.88. The van der Waals surface area contributed by atoms with Gasteiger partial charge in [0.25, 0.3) is 11.8 Å². The Bertz CT molecular complexity index is 1160. The highest BCUT2D eigenvalue weighted by Gasteiger charge is 2.38. The summed E-state index contributed by atoms with van der Waals surface area (Å²) in [6.45, 7) is -0.389. The number of anilines is 1. The van der Waals surface area contributed by atoms with Crippen LogP contribution < -0.4 is 10.6 Å². The maximum atomic E-state index is 13.1. The van der Waals surface area contributed by atoms with E-state index in [0.717, 1.165) is 17.1 Å². The van der Waals surface area contributed by atoms with E-state index in [1.54, 1.807) is 42.5 Å². The Hall–Kier alpha value is -3.24. The monoisotopic (exact) mass is 485 g/mol. The van der Waals surface area contributed by atoms with Gasteiger partial charge in [0.2, 0.25) is 10.0 Å². The molecule has 0 radical (unpaired) electrons. The van der Waals surface area contributed by atoms with Gasteiger partial charge in [0, 0.05) is 12.6 Å². The van der Waals surface area contributed by atoms with Crippen molar-refractivity contribution in [2.24, 2.45) is 0 Å². The van der Waals surface area contributed by atoms with E-state index in [4.69, 9.17) is 4.74 Å². The number of hydrogen-bond acceptors (Lipinski definition) is 6. The van der Waals surface area contributed by atoms with Crippen LogP contribution in [0.3, 0.4) is 0 Å². The second-order valence-corrected chi connectivity index (χ2v) is 10.3. The molecule has 1 saturated heterocycles. The predicted molar refractivity (Wildman–Crippen MR) is 124 cm³/mol. The number of para-hydroxylation sites is 1. The Morgan fingerprint density at radius 1 is 0.941 bits per heavy atom. The lowest BCUT2D eigenvalue weighted by atomic mass is 10.1. The van der Waals surface area contributed by atoms with Crippen molar-refractivity contribution in [3.05, 3.63) is 60.2 Å². The zero-order valence-corrected chi connectivity index (χ0v) is 19.4. The minimum Gasteiger partial charge on any atom is -0.454 e. The minimum absolute atomic E-state index is 0.105. The van der Waals surface area contributed by atoms with Crippen LogP contribution in [0.5, 0.6) is 0 Å². The first kappa shape index (κ1) is 23.9. The molecule has 1 saturated carbocycles. The molecule has 1 atom stereocenters. The average molecular weight is 486 g/mol. The molecule has 0 aromatic heterocycles. The molecule has 0 bridgehead atoms. The quantitative estimate of drug-likeness (QED) is 0.554. The number of esters is 1. The first-order valence-electron chi connectivity index (χ1n) is 11.3. The molecule has 2 aromatic rings. The van der Waals surface area contributed by atoms with Crippen LogP contribution in [0.25, 0.3) is 0 Å². The lowest BCUT2D eigenvalue weighted by molar-refractivity contribution is -0.152. The Balaban J connectivity index is 1.38. The summed E-state index contributed by atoms with van der Waals surface area (Å²) in [5.41, 5.74) is 0.633. The number of carbonyl (C=O) groups excluding carboxylic acids is 3. The highest BCUT2D eigenvalue weighted by atomic mass is 32.2. The number of piperidine rings is 1. The normalized spacial score (nSPS) is 18.6. The van der Waals surface area contributed by atoms with Gasteiger partial charge >= 0.3 is 5.97 Å². The topological polar surface area (TPSA) is 122 Å². The highest BCUT2D eigenvalue weighted by molar-refractivity contribution is 7.89. The molecular weight excluding hydrogens is 458 g/mol. The fourth-order valence-electron chi connectivity index (χ4n) is 3.86. The smallest absolute Gasteiger partial charge is 0.324 e. The predicted octanol–water partition coefficient (Wildman–Crippen LogP) is 2.30. The molecule has 0 spiro atoms. The van der Waals surface area contributed by atoms with Gasteiger partial charge in [-0.15, -0.1) is 0 Å². The van der Waals surface area contributed by atoms with E-state index in [-0.39, 0.29) is 23.4 Å². The summed E-state index contributed by atoms with van der Waals surface area (Å²) in [5.74, 6) is -1.67. The van der Waals surface area contributed by atoms with Crippen LogP contribution in [0.1, 0.15) is 42.5 Å². The molecule has 2 amide bonds. The second kappa shape index (κ2) is 10.4. The maximum absolute atomic E-state index is 13.1. The number of rotatable bonds is 8. The zero-order chi connectivity index (χ0) is 24.1. The van der Waals surface area contributed by atoms with Crippen LogP contribution in [0.2, 0.25) is 0 Å². The molecule has 2 fully saturated rings. The van der Waals surface area contributed by atoms with Crippen molar-refractivity contribution in [1.82, 2.24) is 9.62 Å². The summed E-state index contributed by atoms with van der Waals surface area (Å²) in [5, 5.41) is 5.47. The molecule has 4 rings (SSSR count). The fraction of sp³-hybridized carbons (Fsp3) is 0.375. The number of sulfonamides is 1. The minimum atomic E-state index is -3.88. The molecule has 9 nitrogen and oxygen atoms in total. The summed E-state index contributed by atoms with van der Waals surface area (Å²) >= 11 is 0. The van der Waals surface area contributed by atoms with Crippen molar-refractivity contribution in [3.63, 3.8) is 0 Å². The van der Waals surface area contributed by atoms with Gasteiger partial charge in [0.15, 0.2) is 6.61 Å². The van der Waals surface area contributed by atoms with E-state index < -0.39 is 34.5 Å². The molecule has 10 heteroatoms. The van der Waals surface area contributed by atoms with Crippen molar-refractivity contribution in [2.45, 2.75) is 49.1 Å². The molecule has 2 N–H and O–H groups in total. The number of benzene rings is 2. The van der Waals surface area contributed by atoms with E-state index in [1.807, 2.05) is 0 Å². The van der Waals surface area contributed by atoms with Crippen molar-refractivity contribution in [2.75, 3.05) is 18.5 Å². The highest BCUT2D eigenvalue weighted by Crippen LogP contribution is 2.26. The van der Waals surface area contributed by atoms with Gasteiger partial charge in [-0.05, 0) is 56.4 Å². The van der Waals surface area contributed by atoms with Crippen molar-refractivity contribution in [3.8, 4) is 0 Å². The Kier molecular flexibility index (Phi) is 7.28. The van der Waals surface area contributed by atoms with Gasteiger partial charge in [-0.3, -0.25) is 14.4 Å². The van der Waals surface area contributed by atoms with E-state index >= 15 is 0 Å². The zero-order valence-electron chi connectivity index (χ0n) is 18.6. The van der Waals surface area contributed by atoms with Gasteiger partial charge in [-0.1, -0.05) is 30.3 Å². The van der Waals surface area contributed by atoms with Gasteiger partial charge < -0.3 is 15.4 Å². The van der Waals surface area contributed by atoms with Crippen LogP contribution in [-0.2, 0) is 24.3 Å².